The molecule has 102 valence electrons. The number of nitrogens with one attached hydrogen (secondary N) is 1. The highest BCUT2D eigenvalue weighted by atomic mass is 19.1. The molecule has 0 spiro atoms. The average molecular weight is 256 g/mol. The molecule has 0 aliphatic rings. The van der Waals surface area contributed by atoms with Crippen molar-refractivity contribution < 1.29 is 8.78 Å². The molecular formula is C14H22F2N2. The highest BCUT2D eigenvalue weighted by molar-refractivity contribution is 5.50. The van der Waals surface area contributed by atoms with Gasteiger partial charge in [-0.15, -0.1) is 0 Å². The molecule has 0 unspecified atom stereocenters. The zero-order valence-electron chi connectivity index (χ0n) is 11.4. The van der Waals surface area contributed by atoms with Gasteiger partial charge in [-0.1, -0.05) is 13.8 Å². The Bertz CT molecular complexity index is 357. The van der Waals surface area contributed by atoms with Gasteiger partial charge in [0.25, 0.3) is 0 Å². The summed E-state index contributed by atoms with van der Waals surface area (Å²) in [6.45, 7) is 6.02. The second-order valence-corrected chi connectivity index (χ2v) is 4.51. The van der Waals surface area contributed by atoms with E-state index in [1.807, 2.05) is 6.92 Å². The number of nitrogens with zero attached hydrogens (tertiary/aromatic N) is 1. The second kappa shape index (κ2) is 7.31. The molecule has 1 aromatic rings. The summed E-state index contributed by atoms with van der Waals surface area (Å²) in [4.78, 5) is 1.62. The van der Waals surface area contributed by atoms with Crippen LogP contribution < -0.4 is 10.2 Å². The zero-order chi connectivity index (χ0) is 13.5. The molecule has 0 aliphatic heterocycles. The Morgan fingerprint density at radius 2 is 1.72 bits per heavy atom. The van der Waals surface area contributed by atoms with Crippen LogP contribution in [0.5, 0.6) is 0 Å². The van der Waals surface area contributed by atoms with Gasteiger partial charge in [-0.2, -0.15) is 0 Å². The van der Waals surface area contributed by atoms with Gasteiger partial charge in [0.05, 0.1) is 0 Å². The van der Waals surface area contributed by atoms with Crippen LogP contribution in [0.25, 0.3) is 0 Å². The zero-order valence-corrected chi connectivity index (χ0v) is 11.4. The Balaban J connectivity index is 2.83. The molecular weight excluding hydrogens is 234 g/mol. The Kier molecular flexibility index (Phi) is 6.05. The smallest absolute Gasteiger partial charge is 0.149 e. The predicted molar refractivity (Wildman–Crippen MR) is 71.9 cm³/mol. The van der Waals surface area contributed by atoms with Gasteiger partial charge in [-0.25, -0.2) is 8.78 Å². The van der Waals surface area contributed by atoms with Gasteiger partial charge in [-0.3, -0.25) is 0 Å². The standard InChI is InChI=1S/C14H22F2N2/c1-4-6-17-10-11-8-12(15)14(13(16)9-11)18(3)7-5-2/h8-9,17H,4-7,10H2,1-3H3. The number of anilines is 1. The lowest BCUT2D eigenvalue weighted by atomic mass is 10.1. The minimum absolute atomic E-state index is 0.0658. The molecule has 0 saturated heterocycles. The molecule has 1 N–H and O–H groups in total. The molecule has 2 nitrogen and oxygen atoms in total. The van der Waals surface area contributed by atoms with E-state index in [9.17, 15) is 8.78 Å². The van der Waals surface area contributed by atoms with Gasteiger partial charge >= 0.3 is 0 Å². The average Bonchev–Trinajstić information content (AvgIpc) is 2.28. The van der Waals surface area contributed by atoms with Crippen molar-refractivity contribution in [2.75, 3.05) is 25.0 Å². The predicted octanol–water partition coefficient (Wildman–Crippen LogP) is 3.31. The molecule has 1 rings (SSSR count). The topological polar surface area (TPSA) is 15.3 Å². The molecule has 0 radical (unpaired) electrons. The summed E-state index contributed by atoms with van der Waals surface area (Å²) in [5, 5.41) is 3.13. The van der Waals surface area contributed by atoms with E-state index in [2.05, 4.69) is 12.2 Å². The van der Waals surface area contributed by atoms with E-state index in [4.69, 9.17) is 0 Å². The van der Waals surface area contributed by atoms with Crippen molar-refractivity contribution in [1.29, 1.82) is 0 Å². The highest BCUT2D eigenvalue weighted by Crippen LogP contribution is 2.24. The summed E-state index contributed by atoms with van der Waals surface area (Å²) < 4.78 is 27.8. The van der Waals surface area contributed by atoms with E-state index in [0.29, 0.717) is 18.7 Å². The molecule has 0 heterocycles. The first-order valence-corrected chi connectivity index (χ1v) is 6.49. The van der Waals surface area contributed by atoms with Crippen molar-refractivity contribution in [1.82, 2.24) is 5.32 Å². The van der Waals surface area contributed by atoms with Crippen LogP contribution in [-0.4, -0.2) is 20.1 Å². The summed E-state index contributed by atoms with van der Waals surface area (Å²) in [5.74, 6) is -0.974. The summed E-state index contributed by atoms with van der Waals surface area (Å²) in [6.07, 6.45) is 1.86. The lowest BCUT2D eigenvalue weighted by molar-refractivity contribution is 0.568. The SMILES string of the molecule is CCCNCc1cc(F)c(N(C)CCC)c(F)c1. The van der Waals surface area contributed by atoms with Gasteiger partial charge in [-0.05, 0) is 37.1 Å². The lowest BCUT2D eigenvalue weighted by Crippen LogP contribution is -2.21. The van der Waals surface area contributed by atoms with Gasteiger partial charge in [0.1, 0.15) is 17.3 Å². The summed E-state index contributed by atoms with van der Waals surface area (Å²) in [5.41, 5.74) is 0.711. The van der Waals surface area contributed by atoms with E-state index < -0.39 is 11.6 Å². The first-order valence-electron chi connectivity index (χ1n) is 6.49. The Morgan fingerprint density at radius 1 is 1.11 bits per heavy atom. The van der Waals surface area contributed by atoms with Crippen molar-refractivity contribution >= 4 is 5.69 Å². The Hall–Kier alpha value is -1.16. The fourth-order valence-corrected chi connectivity index (χ4v) is 1.94. The van der Waals surface area contributed by atoms with E-state index in [1.54, 1.807) is 11.9 Å². The molecule has 0 atom stereocenters. The Morgan fingerprint density at radius 3 is 2.22 bits per heavy atom. The van der Waals surface area contributed by atoms with Crippen molar-refractivity contribution in [2.24, 2.45) is 0 Å². The molecule has 0 aromatic heterocycles. The molecule has 4 heteroatoms. The molecule has 1 aromatic carbocycles. The summed E-state index contributed by atoms with van der Waals surface area (Å²) in [7, 11) is 1.71. The van der Waals surface area contributed by atoms with Crippen LogP contribution in [-0.2, 0) is 6.54 Å². The number of hydrogen-bond acceptors (Lipinski definition) is 2. The number of halogens is 2. The third-order valence-electron chi connectivity index (χ3n) is 2.77. The van der Waals surface area contributed by atoms with Crippen molar-refractivity contribution in [2.45, 2.75) is 33.2 Å². The normalized spacial score (nSPS) is 10.7. The quantitative estimate of drug-likeness (QED) is 0.753. The molecule has 18 heavy (non-hydrogen) atoms. The summed E-state index contributed by atoms with van der Waals surface area (Å²) >= 11 is 0. The van der Waals surface area contributed by atoms with Crippen LogP contribution in [0.4, 0.5) is 14.5 Å². The first kappa shape index (κ1) is 14.9. The summed E-state index contributed by atoms with van der Waals surface area (Å²) in [6, 6.07) is 2.82. The van der Waals surface area contributed by atoms with Crippen molar-refractivity contribution in [3.05, 3.63) is 29.3 Å². The fourth-order valence-electron chi connectivity index (χ4n) is 1.94. The van der Waals surface area contributed by atoms with E-state index in [0.717, 1.165) is 19.4 Å². The van der Waals surface area contributed by atoms with Crippen LogP contribution >= 0.6 is 0 Å². The van der Waals surface area contributed by atoms with E-state index in [1.165, 1.54) is 12.1 Å². The number of benzene rings is 1. The second-order valence-electron chi connectivity index (χ2n) is 4.51. The maximum Gasteiger partial charge on any atom is 0.149 e. The number of rotatable bonds is 7. The van der Waals surface area contributed by atoms with Gasteiger partial charge in [0, 0.05) is 20.1 Å². The monoisotopic (exact) mass is 256 g/mol. The molecule has 0 aliphatic carbocycles. The van der Waals surface area contributed by atoms with Crippen LogP contribution in [0.15, 0.2) is 12.1 Å². The molecule has 0 amide bonds. The largest absolute Gasteiger partial charge is 0.370 e. The maximum absolute atomic E-state index is 13.9. The van der Waals surface area contributed by atoms with E-state index >= 15 is 0 Å². The van der Waals surface area contributed by atoms with Gasteiger partial charge in [0.2, 0.25) is 0 Å². The Labute approximate surface area is 108 Å². The number of hydrogen-bond donors (Lipinski definition) is 1. The van der Waals surface area contributed by atoms with Crippen molar-refractivity contribution in [3.8, 4) is 0 Å². The third kappa shape index (κ3) is 3.95. The molecule has 0 bridgehead atoms. The van der Waals surface area contributed by atoms with Crippen LogP contribution in [0, 0.1) is 11.6 Å². The molecule has 0 saturated carbocycles. The van der Waals surface area contributed by atoms with E-state index in [-0.39, 0.29) is 5.69 Å². The van der Waals surface area contributed by atoms with Gasteiger partial charge < -0.3 is 10.2 Å². The maximum atomic E-state index is 13.9. The minimum atomic E-state index is -0.487. The fraction of sp³-hybridized carbons (Fsp3) is 0.571. The third-order valence-corrected chi connectivity index (χ3v) is 2.77. The highest BCUT2D eigenvalue weighted by Gasteiger charge is 2.14. The lowest BCUT2D eigenvalue weighted by Gasteiger charge is -2.20. The first-order chi connectivity index (χ1) is 8.60. The molecule has 0 fully saturated rings. The van der Waals surface area contributed by atoms with Crippen LogP contribution in [0.1, 0.15) is 32.3 Å². The van der Waals surface area contributed by atoms with Crippen LogP contribution in [0.2, 0.25) is 0 Å². The van der Waals surface area contributed by atoms with Crippen LogP contribution in [0.3, 0.4) is 0 Å². The van der Waals surface area contributed by atoms with Crippen molar-refractivity contribution in [3.63, 3.8) is 0 Å². The minimum Gasteiger partial charge on any atom is -0.370 e. The van der Waals surface area contributed by atoms with Gasteiger partial charge in [0.15, 0.2) is 0 Å².